The second-order valence-corrected chi connectivity index (χ2v) is 8.70. The minimum atomic E-state index is 0.0560. The molecule has 2 aliphatic heterocycles. The average Bonchev–Trinajstić information content (AvgIpc) is 3.04. The minimum Gasteiger partial charge on any atom is -0.336 e. The molecule has 1 amide bonds. The predicted octanol–water partition coefficient (Wildman–Crippen LogP) is 1.98. The molecule has 4 heterocycles. The number of carbonyl (C=O) groups excluding carboxylic acids is 1. The Labute approximate surface area is 157 Å². The van der Waals surface area contributed by atoms with Gasteiger partial charge in [0.15, 0.2) is 0 Å². The van der Waals surface area contributed by atoms with E-state index in [2.05, 4.69) is 26.3 Å². The van der Waals surface area contributed by atoms with Crippen molar-refractivity contribution in [2.45, 2.75) is 37.6 Å². The van der Waals surface area contributed by atoms with Gasteiger partial charge >= 0.3 is 0 Å². The number of hydrogen-bond acceptors (Lipinski definition) is 6. The molecule has 2 fully saturated rings. The average molecular weight is 369 g/mol. The Morgan fingerprint density at radius 3 is 2.96 bits per heavy atom. The number of amides is 1. The van der Waals surface area contributed by atoms with Crippen molar-refractivity contribution < 1.29 is 4.79 Å². The minimum absolute atomic E-state index is 0.0560. The molecule has 26 heavy (non-hydrogen) atoms. The lowest BCUT2D eigenvalue weighted by molar-refractivity contribution is 0.0550. The molecule has 2 saturated heterocycles. The van der Waals surface area contributed by atoms with Crippen LogP contribution in [0.1, 0.15) is 33.9 Å². The fraction of sp³-hybridized carbons (Fsp3) is 0.474. The predicted molar refractivity (Wildman–Crippen MR) is 102 cm³/mol. The second-order valence-electron chi connectivity index (χ2n) is 7.21. The number of aromatic nitrogens is 3. The number of carbonyl (C=O) groups is 1. The van der Waals surface area contributed by atoms with E-state index in [0.717, 1.165) is 37.5 Å². The highest BCUT2D eigenvalue weighted by atomic mass is 32.2. The van der Waals surface area contributed by atoms with Gasteiger partial charge < -0.3 is 10.2 Å². The standard InChI is InChI=1S/C19H23N5OS/c1-13-17(9-21-14(2)23-13)18(25)24-11-19(12-24)6-16(10-26-19)22-8-15-4-3-5-20-7-15/h3-5,7,9,16,22H,6,8,10-12H2,1-2H3. The normalized spacial score (nSPS) is 21.0. The van der Waals surface area contributed by atoms with Crippen molar-refractivity contribution in [1.29, 1.82) is 0 Å². The lowest BCUT2D eigenvalue weighted by atomic mass is 9.91. The monoisotopic (exact) mass is 369 g/mol. The first-order valence-electron chi connectivity index (χ1n) is 8.90. The Morgan fingerprint density at radius 2 is 2.23 bits per heavy atom. The van der Waals surface area contributed by atoms with Gasteiger partial charge in [-0.2, -0.15) is 0 Å². The summed E-state index contributed by atoms with van der Waals surface area (Å²) in [6.07, 6.45) is 6.46. The topological polar surface area (TPSA) is 71.0 Å². The third-order valence-electron chi connectivity index (χ3n) is 5.10. The second kappa shape index (κ2) is 6.96. The van der Waals surface area contributed by atoms with E-state index >= 15 is 0 Å². The molecule has 1 atom stereocenters. The molecule has 2 aliphatic rings. The molecule has 0 saturated carbocycles. The van der Waals surface area contributed by atoms with Crippen molar-refractivity contribution in [2.75, 3.05) is 18.8 Å². The Kier molecular flexibility index (Phi) is 4.67. The van der Waals surface area contributed by atoms with Gasteiger partial charge in [0.1, 0.15) is 5.82 Å². The lowest BCUT2D eigenvalue weighted by Gasteiger charge is -2.47. The van der Waals surface area contributed by atoms with Crippen LogP contribution in [0.5, 0.6) is 0 Å². The molecule has 1 N–H and O–H groups in total. The Bertz CT molecular complexity index is 807. The van der Waals surface area contributed by atoms with E-state index in [1.807, 2.05) is 42.8 Å². The molecule has 0 aromatic carbocycles. The smallest absolute Gasteiger partial charge is 0.257 e. The largest absolute Gasteiger partial charge is 0.336 e. The SMILES string of the molecule is Cc1ncc(C(=O)N2CC3(CC(NCc4cccnc4)CS3)C2)c(C)n1. The van der Waals surface area contributed by atoms with Gasteiger partial charge in [0.25, 0.3) is 5.91 Å². The molecule has 6 nitrogen and oxygen atoms in total. The van der Waals surface area contributed by atoms with Gasteiger partial charge in [0.2, 0.25) is 0 Å². The number of rotatable bonds is 4. The van der Waals surface area contributed by atoms with Crippen molar-refractivity contribution in [3.05, 3.63) is 53.4 Å². The van der Waals surface area contributed by atoms with Crippen LogP contribution < -0.4 is 5.32 Å². The molecule has 2 aromatic heterocycles. The maximum atomic E-state index is 12.7. The Morgan fingerprint density at radius 1 is 1.38 bits per heavy atom. The molecule has 2 aromatic rings. The number of pyridine rings is 1. The quantitative estimate of drug-likeness (QED) is 0.889. The molecule has 7 heteroatoms. The molecule has 4 rings (SSSR count). The maximum Gasteiger partial charge on any atom is 0.257 e. The Balaban J connectivity index is 1.31. The Hall–Kier alpha value is -1.99. The summed E-state index contributed by atoms with van der Waals surface area (Å²) in [5.41, 5.74) is 2.59. The summed E-state index contributed by atoms with van der Waals surface area (Å²) in [6, 6.07) is 4.55. The third-order valence-corrected chi connectivity index (χ3v) is 6.71. The van der Waals surface area contributed by atoms with Gasteiger partial charge in [-0.15, -0.1) is 11.8 Å². The highest BCUT2D eigenvalue weighted by Crippen LogP contribution is 2.45. The summed E-state index contributed by atoms with van der Waals surface area (Å²) in [5.74, 6) is 1.85. The van der Waals surface area contributed by atoms with Crippen LogP contribution in [-0.2, 0) is 6.54 Å². The highest BCUT2D eigenvalue weighted by Gasteiger charge is 2.50. The van der Waals surface area contributed by atoms with Gasteiger partial charge in [-0.05, 0) is 31.9 Å². The van der Waals surface area contributed by atoms with E-state index < -0.39 is 0 Å². The lowest BCUT2D eigenvalue weighted by Crippen LogP contribution is -2.61. The zero-order valence-corrected chi connectivity index (χ0v) is 15.9. The molecule has 0 radical (unpaired) electrons. The number of nitrogens with zero attached hydrogens (tertiary/aromatic N) is 4. The summed E-state index contributed by atoms with van der Waals surface area (Å²) in [4.78, 5) is 27.3. The summed E-state index contributed by atoms with van der Waals surface area (Å²) in [7, 11) is 0. The first-order valence-corrected chi connectivity index (χ1v) is 9.89. The van der Waals surface area contributed by atoms with Crippen LogP contribution in [0.25, 0.3) is 0 Å². The van der Waals surface area contributed by atoms with E-state index in [1.54, 1.807) is 12.4 Å². The molecule has 136 valence electrons. The first kappa shape index (κ1) is 17.4. The van der Waals surface area contributed by atoms with Crippen LogP contribution in [-0.4, -0.2) is 55.4 Å². The molecule has 0 bridgehead atoms. The highest BCUT2D eigenvalue weighted by molar-refractivity contribution is 8.01. The van der Waals surface area contributed by atoms with Crippen molar-refractivity contribution in [3.8, 4) is 0 Å². The number of thioether (sulfide) groups is 1. The van der Waals surface area contributed by atoms with E-state index in [-0.39, 0.29) is 10.7 Å². The number of nitrogens with one attached hydrogen (secondary N) is 1. The van der Waals surface area contributed by atoms with E-state index in [0.29, 0.717) is 17.4 Å². The molecular weight excluding hydrogens is 346 g/mol. The van der Waals surface area contributed by atoms with E-state index in [9.17, 15) is 4.79 Å². The fourth-order valence-corrected chi connectivity index (χ4v) is 5.32. The van der Waals surface area contributed by atoms with Gasteiger partial charge in [-0.25, -0.2) is 9.97 Å². The van der Waals surface area contributed by atoms with Crippen LogP contribution in [0.15, 0.2) is 30.7 Å². The van der Waals surface area contributed by atoms with Gasteiger partial charge in [0, 0.05) is 50.0 Å². The zero-order chi connectivity index (χ0) is 18.1. The van der Waals surface area contributed by atoms with E-state index in [1.165, 1.54) is 5.56 Å². The number of likely N-dealkylation sites (tertiary alicyclic amines) is 1. The fourth-order valence-electron chi connectivity index (χ4n) is 3.72. The van der Waals surface area contributed by atoms with Crippen LogP contribution in [0.2, 0.25) is 0 Å². The van der Waals surface area contributed by atoms with Crippen LogP contribution >= 0.6 is 11.8 Å². The van der Waals surface area contributed by atoms with Crippen LogP contribution in [0.3, 0.4) is 0 Å². The summed E-state index contributed by atoms with van der Waals surface area (Å²) < 4.78 is 0.210. The van der Waals surface area contributed by atoms with Crippen LogP contribution in [0.4, 0.5) is 0 Å². The van der Waals surface area contributed by atoms with Crippen molar-refractivity contribution in [2.24, 2.45) is 0 Å². The number of hydrogen-bond donors (Lipinski definition) is 1. The number of aryl methyl sites for hydroxylation is 2. The first-order chi connectivity index (χ1) is 12.5. The third kappa shape index (κ3) is 3.46. The summed E-state index contributed by atoms with van der Waals surface area (Å²) in [5, 5.41) is 3.63. The maximum absolute atomic E-state index is 12.7. The molecule has 1 unspecified atom stereocenters. The van der Waals surface area contributed by atoms with E-state index in [4.69, 9.17) is 0 Å². The summed E-state index contributed by atoms with van der Waals surface area (Å²) >= 11 is 1.99. The van der Waals surface area contributed by atoms with Gasteiger partial charge in [-0.1, -0.05) is 6.07 Å². The molecule has 0 aliphatic carbocycles. The van der Waals surface area contributed by atoms with Crippen molar-refractivity contribution in [1.82, 2.24) is 25.2 Å². The van der Waals surface area contributed by atoms with Crippen LogP contribution in [0, 0.1) is 13.8 Å². The molecule has 1 spiro atoms. The van der Waals surface area contributed by atoms with Gasteiger partial charge in [-0.3, -0.25) is 9.78 Å². The van der Waals surface area contributed by atoms with Gasteiger partial charge in [0.05, 0.1) is 16.0 Å². The van der Waals surface area contributed by atoms with Crippen molar-refractivity contribution >= 4 is 17.7 Å². The summed E-state index contributed by atoms with van der Waals surface area (Å²) in [6.45, 7) is 6.19. The van der Waals surface area contributed by atoms with Crippen molar-refractivity contribution in [3.63, 3.8) is 0 Å². The zero-order valence-electron chi connectivity index (χ0n) is 15.1. The molecular formula is C19H23N5OS.